The van der Waals surface area contributed by atoms with Gasteiger partial charge in [0.25, 0.3) is 0 Å². The summed E-state index contributed by atoms with van der Waals surface area (Å²) in [6.45, 7) is 1.46. The minimum absolute atomic E-state index is 0.0134. The predicted octanol–water partition coefficient (Wildman–Crippen LogP) is 4.14. The molecule has 0 bridgehead atoms. The lowest BCUT2D eigenvalue weighted by molar-refractivity contribution is -0.133. The number of nitrogens with zero attached hydrogens (tertiary/aromatic N) is 1. The lowest BCUT2D eigenvalue weighted by Crippen LogP contribution is -2.51. The number of likely N-dealkylation sites (tertiary alicyclic amines) is 1. The molecular formula is C24H29F3N2O3S. The normalized spacial score (nSPS) is 23.9. The molecule has 0 aromatic heterocycles. The summed E-state index contributed by atoms with van der Waals surface area (Å²) in [7, 11) is -3.29. The second kappa shape index (κ2) is 9.64. The monoisotopic (exact) mass is 482 g/mol. The summed E-state index contributed by atoms with van der Waals surface area (Å²) in [6.07, 6.45) is -1.48. The van der Waals surface area contributed by atoms with E-state index in [9.17, 15) is 21.6 Å². The van der Waals surface area contributed by atoms with Gasteiger partial charge in [-0.05, 0) is 61.2 Å². The van der Waals surface area contributed by atoms with Crippen molar-refractivity contribution in [3.63, 3.8) is 0 Å². The lowest BCUT2D eigenvalue weighted by Gasteiger charge is -2.39. The lowest BCUT2D eigenvalue weighted by atomic mass is 10.0. The number of fused-ring (bicyclic) bond motifs is 1. The maximum atomic E-state index is 12.5. The number of halogens is 3. The summed E-state index contributed by atoms with van der Waals surface area (Å²) in [5.74, 6) is 0.589. The molecule has 2 aromatic carbocycles. The van der Waals surface area contributed by atoms with E-state index in [1.165, 1.54) is 11.8 Å². The van der Waals surface area contributed by atoms with Gasteiger partial charge in [0, 0.05) is 25.4 Å². The molecule has 3 atom stereocenters. The van der Waals surface area contributed by atoms with Crippen LogP contribution in [0.3, 0.4) is 0 Å². The van der Waals surface area contributed by atoms with Crippen LogP contribution in [0, 0.1) is 0 Å². The Balaban J connectivity index is 1.48. The maximum Gasteiger partial charge on any atom is 0.390 e. The molecule has 0 amide bonds. The van der Waals surface area contributed by atoms with E-state index in [4.69, 9.17) is 4.74 Å². The molecule has 5 nitrogen and oxygen atoms in total. The highest BCUT2D eigenvalue weighted by molar-refractivity contribution is 7.90. The average molecular weight is 483 g/mol. The van der Waals surface area contributed by atoms with Crippen LogP contribution >= 0.6 is 0 Å². The van der Waals surface area contributed by atoms with Gasteiger partial charge in [0.15, 0.2) is 9.84 Å². The first-order valence-corrected chi connectivity index (χ1v) is 13.1. The fourth-order valence-corrected chi connectivity index (χ4v) is 5.43. The first kappa shape index (κ1) is 24.0. The molecule has 1 aliphatic heterocycles. The summed E-state index contributed by atoms with van der Waals surface area (Å²) in [6, 6.07) is 14.6. The molecule has 0 unspecified atom stereocenters. The number of hydrogen-bond acceptors (Lipinski definition) is 5. The third-order valence-electron chi connectivity index (χ3n) is 6.42. The van der Waals surface area contributed by atoms with E-state index in [1.807, 2.05) is 18.2 Å². The van der Waals surface area contributed by atoms with Crippen molar-refractivity contribution < 1.29 is 26.3 Å². The minimum Gasteiger partial charge on any atom is -0.484 e. The zero-order valence-electron chi connectivity index (χ0n) is 18.5. The van der Waals surface area contributed by atoms with Gasteiger partial charge in [-0.1, -0.05) is 24.3 Å². The van der Waals surface area contributed by atoms with Crippen LogP contribution in [-0.4, -0.2) is 57.5 Å². The predicted molar refractivity (Wildman–Crippen MR) is 120 cm³/mol. The van der Waals surface area contributed by atoms with Crippen LogP contribution in [0.4, 0.5) is 13.2 Å². The van der Waals surface area contributed by atoms with Crippen LogP contribution < -0.4 is 10.1 Å². The van der Waals surface area contributed by atoms with Crippen LogP contribution in [0.15, 0.2) is 53.4 Å². The fraction of sp³-hybridized carbons (Fsp3) is 0.500. The Morgan fingerprint density at radius 1 is 1.12 bits per heavy atom. The highest BCUT2D eigenvalue weighted by Gasteiger charge is 2.39. The number of sulfone groups is 1. The molecule has 0 saturated carbocycles. The zero-order chi connectivity index (χ0) is 23.6. The van der Waals surface area contributed by atoms with Crippen molar-refractivity contribution in [1.82, 2.24) is 10.2 Å². The second-order valence-electron chi connectivity index (χ2n) is 8.91. The van der Waals surface area contributed by atoms with Gasteiger partial charge >= 0.3 is 6.18 Å². The number of ether oxygens (including phenoxy) is 1. The minimum atomic E-state index is -4.15. The van der Waals surface area contributed by atoms with E-state index in [0.717, 1.165) is 31.4 Å². The second-order valence-corrected chi connectivity index (χ2v) is 10.9. The highest BCUT2D eigenvalue weighted by Crippen LogP contribution is 2.39. The molecule has 33 heavy (non-hydrogen) atoms. The van der Waals surface area contributed by atoms with Gasteiger partial charge in [-0.25, -0.2) is 8.42 Å². The van der Waals surface area contributed by atoms with Crippen molar-refractivity contribution >= 4 is 9.84 Å². The van der Waals surface area contributed by atoms with E-state index >= 15 is 0 Å². The molecule has 1 fully saturated rings. The summed E-state index contributed by atoms with van der Waals surface area (Å²) >= 11 is 0. The van der Waals surface area contributed by atoms with Crippen molar-refractivity contribution in [2.45, 2.75) is 54.9 Å². The van der Waals surface area contributed by atoms with E-state index in [0.29, 0.717) is 12.3 Å². The van der Waals surface area contributed by atoms with Gasteiger partial charge in [-0.2, -0.15) is 13.2 Å². The summed E-state index contributed by atoms with van der Waals surface area (Å²) < 4.78 is 67.5. The Morgan fingerprint density at radius 3 is 2.55 bits per heavy atom. The summed E-state index contributed by atoms with van der Waals surface area (Å²) in [4.78, 5) is 2.56. The van der Waals surface area contributed by atoms with E-state index < -0.39 is 22.4 Å². The highest BCUT2D eigenvalue weighted by atomic mass is 32.2. The molecule has 1 N–H and O–H groups in total. The Labute approximate surface area is 192 Å². The Kier molecular flexibility index (Phi) is 7.02. The third kappa shape index (κ3) is 6.07. The first-order valence-electron chi connectivity index (χ1n) is 11.2. The van der Waals surface area contributed by atoms with Gasteiger partial charge in [0.2, 0.25) is 0 Å². The Morgan fingerprint density at radius 2 is 1.85 bits per heavy atom. The molecular weight excluding hydrogens is 453 g/mol. The van der Waals surface area contributed by atoms with Crippen LogP contribution in [0.2, 0.25) is 0 Å². The number of rotatable bonds is 7. The average Bonchev–Trinajstić information content (AvgIpc) is 3.11. The molecule has 9 heteroatoms. The summed E-state index contributed by atoms with van der Waals surface area (Å²) in [5, 5.41) is 3.08. The molecule has 1 saturated heterocycles. The largest absolute Gasteiger partial charge is 0.484 e. The quantitative estimate of drug-likeness (QED) is 0.643. The SMILES string of the molecule is CS(=O)(=O)c1ccc(O[C@H]2c3ccccc3C[C@@H]2N2CCC[C@@H](NCCC(F)(F)F)C2)cc1. The molecule has 2 aromatic rings. The molecule has 0 radical (unpaired) electrons. The maximum absolute atomic E-state index is 12.5. The molecule has 1 aliphatic carbocycles. The number of alkyl halides is 3. The van der Waals surface area contributed by atoms with E-state index in [-0.39, 0.29) is 29.6 Å². The van der Waals surface area contributed by atoms with Crippen molar-refractivity contribution in [2.75, 3.05) is 25.9 Å². The smallest absolute Gasteiger partial charge is 0.390 e. The van der Waals surface area contributed by atoms with Gasteiger partial charge in [0.05, 0.1) is 17.4 Å². The third-order valence-corrected chi connectivity index (χ3v) is 7.55. The molecule has 0 spiro atoms. The summed E-state index contributed by atoms with van der Waals surface area (Å²) in [5.41, 5.74) is 2.30. The van der Waals surface area contributed by atoms with Gasteiger partial charge < -0.3 is 10.1 Å². The van der Waals surface area contributed by atoms with Crippen LogP contribution in [0.1, 0.15) is 36.5 Å². The zero-order valence-corrected chi connectivity index (χ0v) is 19.3. The molecule has 1 heterocycles. The standard InChI is InChI=1S/C24H29F3N2O3S/c1-33(30,31)20-10-8-19(9-11-20)32-23-21-7-3-2-5-17(21)15-22(23)29-14-4-6-18(16-29)28-13-12-24(25,26)27/h2-3,5,7-11,18,22-23,28H,4,6,12-16H2,1H3/t18-,22+,23+/m1/s1. The van der Waals surface area contributed by atoms with Crippen molar-refractivity contribution in [3.05, 3.63) is 59.7 Å². The van der Waals surface area contributed by atoms with Gasteiger partial charge in [-0.15, -0.1) is 0 Å². The van der Waals surface area contributed by atoms with Crippen LogP contribution in [0.25, 0.3) is 0 Å². The Bertz CT molecular complexity index is 1060. The molecule has 4 rings (SSSR count). The van der Waals surface area contributed by atoms with Crippen molar-refractivity contribution in [1.29, 1.82) is 0 Å². The number of piperidine rings is 1. The Hall–Kier alpha value is -2.10. The number of hydrogen-bond donors (Lipinski definition) is 1. The van der Waals surface area contributed by atoms with Crippen LogP contribution in [-0.2, 0) is 16.3 Å². The fourth-order valence-electron chi connectivity index (χ4n) is 4.80. The van der Waals surface area contributed by atoms with Crippen molar-refractivity contribution in [2.24, 2.45) is 0 Å². The van der Waals surface area contributed by atoms with Gasteiger partial charge in [0.1, 0.15) is 11.9 Å². The molecule has 2 aliphatic rings. The number of nitrogens with one attached hydrogen (secondary N) is 1. The molecule has 180 valence electrons. The van der Waals surface area contributed by atoms with E-state index in [1.54, 1.807) is 24.3 Å². The van der Waals surface area contributed by atoms with E-state index in [2.05, 4.69) is 16.3 Å². The van der Waals surface area contributed by atoms with Gasteiger partial charge in [-0.3, -0.25) is 4.90 Å². The number of benzene rings is 2. The van der Waals surface area contributed by atoms with Crippen LogP contribution in [0.5, 0.6) is 5.75 Å². The topological polar surface area (TPSA) is 58.6 Å². The van der Waals surface area contributed by atoms with Crippen molar-refractivity contribution in [3.8, 4) is 5.75 Å². The first-order chi connectivity index (χ1) is 15.6.